The highest BCUT2D eigenvalue weighted by Crippen LogP contribution is 2.26. The summed E-state index contributed by atoms with van der Waals surface area (Å²) in [6.07, 6.45) is 1.86. The van der Waals surface area contributed by atoms with Gasteiger partial charge in [0.2, 0.25) is 0 Å². The fraction of sp³-hybridized carbons (Fsp3) is 0.462. The molecule has 98 valence electrons. The number of nitrogens with one attached hydrogen (secondary N) is 1. The number of nitrogens with two attached hydrogens (primary N) is 1. The lowest BCUT2D eigenvalue weighted by molar-refractivity contribution is -0.124. The first-order chi connectivity index (χ1) is 8.56. The van der Waals surface area contributed by atoms with E-state index in [2.05, 4.69) is 21.2 Å². The third-order valence-corrected chi connectivity index (χ3v) is 3.38. The number of hydrogen-bond acceptors (Lipinski definition) is 3. The second kappa shape index (κ2) is 5.71. The van der Waals surface area contributed by atoms with Crippen LogP contribution in [0.1, 0.15) is 25.3 Å². The van der Waals surface area contributed by atoms with Crippen LogP contribution in [0.4, 0.5) is 0 Å². The molecule has 1 fully saturated rings. The van der Waals surface area contributed by atoms with Crippen molar-refractivity contribution in [1.29, 1.82) is 0 Å². The standard InChI is InChI=1S/C13H17BrN2O2/c1-8(13(15)17)18-12-5-2-10(14)6-9(12)7-16-11-3-4-11/h2,5-6,8,11,16H,3-4,7H2,1H3,(H2,15,17). The number of benzene rings is 1. The van der Waals surface area contributed by atoms with Gasteiger partial charge < -0.3 is 15.8 Å². The highest BCUT2D eigenvalue weighted by atomic mass is 79.9. The zero-order chi connectivity index (χ0) is 13.1. The molecule has 1 amide bonds. The van der Waals surface area contributed by atoms with Crippen molar-refractivity contribution in [2.24, 2.45) is 5.73 Å². The fourth-order valence-electron chi connectivity index (χ4n) is 1.59. The summed E-state index contributed by atoms with van der Waals surface area (Å²) in [6.45, 7) is 2.40. The molecular formula is C13H17BrN2O2. The Morgan fingerprint density at radius 3 is 2.94 bits per heavy atom. The molecule has 0 aliphatic heterocycles. The lowest BCUT2D eigenvalue weighted by Gasteiger charge is -2.15. The number of carbonyl (C=O) groups is 1. The van der Waals surface area contributed by atoms with Crippen LogP contribution in [-0.4, -0.2) is 18.1 Å². The lowest BCUT2D eigenvalue weighted by atomic mass is 10.2. The summed E-state index contributed by atoms with van der Waals surface area (Å²) in [4.78, 5) is 11.0. The van der Waals surface area contributed by atoms with Crippen LogP contribution >= 0.6 is 15.9 Å². The molecule has 0 radical (unpaired) electrons. The minimum absolute atomic E-state index is 0.459. The summed E-state index contributed by atoms with van der Waals surface area (Å²) >= 11 is 3.44. The molecule has 0 heterocycles. The van der Waals surface area contributed by atoms with Gasteiger partial charge in [0.25, 0.3) is 5.91 Å². The maximum atomic E-state index is 11.0. The second-order valence-electron chi connectivity index (χ2n) is 4.57. The van der Waals surface area contributed by atoms with E-state index in [9.17, 15) is 4.79 Å². The monoisotopic (exact) mass is 312 g/mol. The Morgan fingerprint density at radius 2 is 2.33 bits per heavy atom. The molecule has 4 nitrogen and oxygen atoms in total. The first-order valence-corrected chi connectivity index (χ1v) is 6.83. The zero-order valence-electron chi connectivity index (χ0n) is 10.3. The average molecular weight is 313 g/mol. The van der Waals surface area contributed by atoms with Gasteiger partial charge in [0.05, 0.1) is 0 Å². The van der Waals surface area contributed by atoms with Crippen molar-refractivity contribution in [2.45, 2.75) is 38.5 Å². The molecule has 18 heavy (non-hydrogen) atoms. The van der Waals surface area contributed by atoms with Crippen LogP contribution in [0.5, 0.6) is 5.75 Å². The minimum atomic E-state index is -0.620. The Bertz CT molecular complexity index is 447. The van der Waals surface area contributed by atoms with Crippen molar-refractivity contribution in [1.82, 2.24) is 5.32 Å². The predicted molar refractivity (Wildman–Crippen MR) is 73.3 cm³/mol. The highest BCUT2D eigenvalue weighted by molar-refractivity contribution is 9.10. The summed E-state index contributed by atoms with van der Waals surface area (Å²) in [5.74, 6) is 0.247. The van der Waals surface area contributed by atoms with Gasteiger partial charge in [-0.2, -0.15) is 0 Å². The van der Waals surface area contributed by atoms with Crippen molar-refractivity contribution in [2.75, 3.05) is 0 Å². The van der Waals surface area contributed by atoms with Gasteiger partial charge in [-0.15, -0.1) is 0 Å². The van der Waals surface area contributed by atoms with Crippen LogP contribution in [-0.2, 0) is 11.3 Å². The molecule has 0 saturated heterocycles. The zero-order valence-corrected chi connectivity index (χ0v) is 11.9. The third kappa shape index (κ3) is 3.71. The molecule has 1 aromatic rings. The van der Waals surface area contributed by atoms with E-state index in [4.69, 9.17) is 10.5 Å². The molecule has 1 saturated carbocycles. The van der Waals surface area contributed by atoms with Crippen LogP contribution in [0.15, 0.2) is 22.7 Å². The molecular weight excluding hydrogens is 296 g/mol. The SMILES string of the molecule is CC(Oc1ccc(Br)cc1CNC1CC1)C(N)=O. The number of primary amides is 1. The van der Waals surface area contributed by atoms with Gasteiger partial charge in [0.15, 0.2) is 6.10 Å². The van der Waals surface area contributed by atoms with Crippen LogP contribution in [0, 0.1) is 0 Å². The topological polar surface area (TPSA) is 64.3 Å². The van der Waals surface area contributed by atoms with E-state index in [0.29, 0.717) is 11.8 Å². The molecule has 1 aromatic carbocycles. The van der Waals surface area contributed by atoms with E-state index in [1.165, 1.54) is 12.8 Å². The van der Waals surface area contributed by atoms with Gasteiger partial charge >= 0.3 is 0 Å². The van der Waals surface area contributed by atoms with Crippen LogP contribution in [0.3, 0.4) is 0 Å². The first-order valence-electron chi connectivity index (χ1n) is 6.04. The Hall–Kier alpha value is -1.07. The average Bonchev–Trinajstić information content (AvgIpc) is 3.13. The molecule has 1 aliphatic carbocycles. The van der Waals surface area contributed by atoms with Crippen molar-refractivity contribution < 1.29 is 9.53 Å². The van der Waals surface area contributed by atoms with E-state index in [1.807, 2.05) is 18.2 Å². The molecule has 0 aromatic heterocycles. The lowest BCUT2D eigenvalue weighted by Crippen LogP contribution is -2.31. The maximum Gasteiger partial charge on any atom is 0.258 e. The molecule has 3 N–H and O–H groups in total. The van der Waals surface area contributed by atoms with Gasteiger partial charge in [0.1, 0.15) is 5.75 Å². The summed E-state index contributed by atoms with van der Waals surface area (Å²) in [5.41, 5.74) is 6.24. The van der Waals surface area contributed by atoms with E-state index in [0.717, 1.165) is 16.6 Å². The van der Waals surface area contributed by atoms with E-state index < -0.39 is 12.0 Å². The van der Waals surface area contributed by atoms with Gasteiger partial charge in [0, 0.05) is 22.6 Å². The molecule has 2 rings (SSSR count). The smallest absolute Gasteiger partial charge is 0.258 e. The summed E-state index contributed by atoms with van der Waals surface area (Å²) in [7, 11) is 0. The van der Waals surface area contributed by atoms with E-state index in [-0.39, 0.29) is 0 Å². The van der Waals surface area contributed by atoms with Gasteiger partial charge in [-0.25, -0.2) is 0 Å². The Morgan fingerprint density at radius 1 is 1.61 bits per heavy atom. The van der Waals surface area contributed by atoms with Crippen LogP contribution in [0.25, 0.3) is 0 Å². The second-order valence-corrected chi connectivity index (χ2v) is 5.49. The molecule has 5 heteroatoms. The summed E-state index contributed by atoms with van der Waals surface area (Å²) in [5, 5.41) is 3.43. The van der Waals surface area contributed by atoms with Gasteiger partial charge in [-0.05, 0) is 38.0 Å². The molecule has 0 bridgehead atoms. The Labute approximate surface area is 115 Å². The Balaban J connectivity index is 2.08. The third-order valence-electron chi connectivity index (χ3n) is 2.89. The first kappa shape index (κ1) is 13.4. The molecule has 0 spiro atoms. The predicted octanol–water partition coefficient (Wildman–Crippen LogP) is 1.95. The van der Waals surface area contributed by atoms with Crippen molar-refractivity contribution >= 4 is 21.8 Å². The number of ether oxygens (including phenoxy) is 1. The molecule has 1 atom stereocenters. The van der Waals surface area contributed by atoms with Gasteiger partial charge in [-0.1, -0.05) is 15.9 Å². The fourth-order valence-corrected chi connectivity index (χ4v) is 2.00. The van der Waals surface area contributed by atoms with Crippen LogP contribution in [0.2, 0.25) is 0 Å². The highest BCUT2D eigenvalue weighted by Gasteiger charge is 2.21. The quantitative estimate of drug-likeness (QED) is 0.844. The van der Waals surface area contributed by atoms with Crippen molar-refractivity contribution in [3.05, 3.63) is 28.2 Å². The number of rotatable bonds is 6. The van der Waals surface area contributed by atoms with Crippen molar-refractivity contribution in [3.8, 4) is 5.75 Å². The normalized spacial score (nSPS) is 16.3. The number of halogens is 1. The molecule has 1 aliphatic rings. The number of carbonyl (C=O) groups excluding carboxylic acids is 1. The van der Waals surface area contributed by atoms with Crippen molar-refractivity contribution in [3.63, 3.8) is 0 Å². The van der Waals surface area contributed by atoms with E-state index in [1.54, 1.807) is 6.92 Å². The Kier molecular flexibility index (Phi) is 4.24. The number of amides is 1. The largest absolute Gasteiger partial charge is 0.481 e. The maximum absolute atomic E-state index is 11.0. The van der Waals surface area contributed by atoms with E-state index >= 15 is 0 Å². The van der Waals surface area contributed by atoms with Crippen LogP contribution < -0.4 is 15.8 Å². The summed E-state index contributed by atoms with van der Waals surface area (Å²) in [6, 6.07) is 6.38. The minimum Gasteiger partial charge on any atom is -0.481 e. The number of hydrogen-bond donors (Lipinski definition) is 2. The summed E-state index contributed by atoms with van der Waals surface area (Å²) < 4.78 is 6.57. The van der Waals surface area contributed by atoms with Gasteiger partial charge in [-0.3, -0.25) is 4.79 Å². The molecule has 1 unspecified atom stereocenters.